The van der Waals surface area contributed by atoms with Crippen molar-refractivity contribution in [1.82, 2.24) is 19.7 Å². The number of nitrogens with two attached hydrogens (primary N) is 1. The van der Waals surface area contributed by atoms with Crippen molar-refractivity contribution in [3.05, 3.63) is 101 Å². The summed E-state index contributed by atoms with van der Waals surface area (Å²) in [4.78, 5) is 18.9. The molecule has 0 aliphatic carbocycles. The summed E-state index contributed by atoms with van der Waals surface area (Å²) in [5, 5.41) is 4.93. The number of anilines is 1. The topological polar surface area (TPSA) is 89.2 Å². The molecule has 2 aromatic heterocycles. The lowest BCUT2D eigenvalue weighted by atomic mass is 9.92. The van der Waals surface area contributed by atoms with Crippen LogP contribution in [-0.2, 0) is 0 Å². The Balaban J connectivity index is 1.39. The van der Waals surface area contributed by atoms with Crippen molar-refractivity contribution in [2.45, 2.75) is 39.5 Å². The fourth-order valence-electron chi connectivity index (χ4n) is 5.21. The van der Waals surface area contributed by atoms with Gasteiger partial charge in [0, 0.05) is 10.9 Å². The number of aromatic nitrogens is 3. The van der Waals surface area contributed by atoms with Gasteiger partial charge in [0.05, 0.1) is 23.1 Å². The Bertz CT molecular complexity index is 1800. The number of nitrogen functional groups attached to an aromatic ring is 1. The van der Waals surface area contributed by atoms with E-state index in [1.165, 1.54) is 29.1 Å². The maximum Gasteiger partial charge on any atom is 0.214 e. The van der Waals surface area contributed by atoms with Gasteiger partial charge in [-0.2, -0.15) is 9.49 Å². The van der Waals surface area contributed by atoms with Gasteiger partial charge in [-0.15, -0.1) is 0 Å². The minimum atomic E-state index is -1.08. The zero-order valence-electron chi connectivity index (χ0n) is 24.5. The highest BCUT2D eigenvalue weighted by Crippen LogP contribution is 2.32. The number of ketones is 1. The number of ether oxygens (including phenoxy) is 1. The van der Waals surface area contributed by atoms with E-state index in [9.17, 15) is 13.6 Å². The quantitative estimate of drug-likeness (QED) is 0.156. The third kappa shape index (κ3) is 6.01. The smallest absolute Gasteiger partial charge is 0.214 e. The first-order chi connectivity index (χ1) is 20.6. The van der Waals surface area contributed by atoms with Gasteiger partial charge in [0.25, 0.3) is 0 Å². The number of rotatable bonds is 11. The lowest BCUT2D eigenvalue weighted by Crippen LogP contribution is -2.20. The fourth-order valence-corrected chi connectivity index (χ4v) is 5.21. The van der Waals surface area contributed by atoms with E-state index in [1.54, 1.807) is 37.3 Å². The van der Waals surface area contributed by atoms with Crippen molar-refractivity contribution in [3.8, 4) is 17.2 Å². The highest BCUT2D eigenvalue weighted by atomic mass is 19.2. The van der Waals surface area contributed by atoms with Crippen molar-refractivity contribution in [3.63, 3.8) is 0 Å². The first-order valence-electron chi connectivity index (χ1n) is 14.2. The predicted molar refractivity (Wildman–Crippen MR) is 162 cm³/mol. The maximum atomic E-state index is 15.2. The van der Waals surface area contributed by atoms with Crippen molar-refractivity contribution >= 4 is 22.5 Å². The number of halogens is 3. The molecule has 2 heterocycles. The lowest BCUT2D eigenvalue weighted by molar-refractivity contribution is 0.103. The van der Waals surface area contributed by atoms with Crippen LogP contribution in [0.1, 0.15) is 59.8 Å². The molecule has 7 nitrogen and oxygen atoms in total. The third-order valence-corrected chi connectivity index (χ3v) is 7.91. The molecule has 1 unspecified atom stereocenters. The second-order valence-corrected chi connectivity index (χ2v) is 10.7. The molecule has 0 spiro atoms. The van der Waals surface area contributed by atoms with Gasteiger partial charge in [-0.05, 0) is 105 Å². The van der Waals surface area contributed by atoms with Crippen LogP contribution in [0.4, 0.5) is 19.0 Å². The van der Waals surface area contributed by atoms with E-state index >= 15 is 4.39 Å². The van der Waals surface area contributed by atoms with Crippen molar-refractivity contribution in [1.29, 1.82) is 0 Å². The van der Waals surface area contributed by atoms with Crippen molar-refractivity contribution < 1.29 is 22.7 Å². The number of aryl methyl sites for hydroxylation is 1. The van der Waals surface area contributed by atoms with Gasteiger partial charge in [-0.1, -0.05) is 19.9 Å². The Hall–Kier alpha value is -4.57. The van der Waals surface area contributed by atoms with Gasteiger partial charge >= 0.3 is 0 Å². The third-order valence-electron chi connectivity index (χ3n) is 7.91. The second kappa shape index (κ2) is 12.3. The average molecular weight is 590 g/mol. The van der Waals surface area contributed by atoms with E-state index < -0.39 is 11.6 Å². The molecule has 0 radical (unpaired) electrons. The van der Waals surface area contributed by atoms with E-state index in [-0.39, 0.29) is 40.3 Å². The molecule has 10 heteroatoms. The van der Waals surface area contributed by atoms with Gasteiger partial charge in [-0.25, -0.2) is 13.5 Å². The van der Waals surface area contributed by atoms with Crippen LogP contribution in [0.3, 0.4) is 0 Å². The van der Waals surface area contributed by atoms with E-state index in [0.29, 0.717) is 33.5 Å². The van der Waals surface area contributed by atoms with Gasteiger partial charge < -0.3 is 20.4 Å². The largest absolute Gasteiger partial charge is 0.454 e. The molecule has 43 heavy (non-hydrogen) atoms. The number of hydrogen-bond acceptors (Lipinski definition) is 5. The number of carbonyl (C=O) groups is 1. The summed E-state index contributed by atoms with van der Waals surface area (Å²) in [6.07, 6.45) is 3.02. The summed E-state index contributed by atoms with van der Waals surface area (Å²) in [5.74, 6) is -2.52. The molecule has 0 amide bonds. The van der Waals surface area contributed by atoms with Crippen LogP contribution < -0.4 is 10.5 Å². The zero-order valence-corrected chi connectivity index (χ0v) is 24.5. The van der Waals surface area contributed by atoms with E-state index in [1.807, 2.05) is 7.05 Å². The Morgan fingerprint density at radius 2 is 1.88 bits per heavy atom. The number of carbonyl (C=O) groups excluding carboxylic acids is 1. The first-order valence-corrected chi connectivity index (χ1v) is 14.2. The fraction of sp³-hybridized carbons (Fsp3) is 0.273. The van der Waals surface area contributed by atoms with E-state index in [4.69, 9.17) is 10.5 Å². The molecular formula is C33H34F3N5O2. The van der Waals surface area contributed by atoms with E-state index in [0.717, 1.165) is 32.0 Å². The molecule has 1 atom stereocenters. The molecule has 0 bridgehead atoms. The lowest BCUT2D eigenvalue weighted by Gasteiger charge is -2.20. The van der Waals surface area contributed by atoms with Gasteiger partial charge in [0.2, 0.25) is 11.6 Å². The molecule has 0 aliphatic rings. The second-order valence-electron chi connectivity index (χ2n) is 10.7. The number of nitrogens with one attached hydrogen (secondary N) is 1. The Labute approximate surface area is 248 Å². The highest BCUT2D eigenvalue weighted by molar-refractivity contribution is 6.12. The molecule has 5 rings (SSSR count). The van der Waals surface area contributed by atoms with Crippen LogP contribution >= 0.6 is 0 Å². The standard InChI is InChI=1S/C33H34F3N5O2/c1-5-20(12-13-40(4)6-2)23-17-27-21(15-26(23)35)16-28(39-27)32(42)24-18-38-41(33(24)37)29-11-10-22(14-19(29)3)43-30-9-7-8-25(34)31(30)36/h7-11,14-18,20,39H,5-6,12-13,37H2,1-4H3. The number of benzene rings is 3. The molecule has 3 aromatic carbocycles. The number of aromatic amines is 1. The number of nitrogens with zero attached hydrogens (tertiary/aromatic N) is 3. The SMILES string of the molecule is CCC(CCN(C)CC)c1cc2[nH]c(C(=O)c3cnn(-c4ccc(Oc5cccc(F)c5F)cc4C)c3N)cc2cc1F. The summed E-state index contributed by atoms with van der Waals surface area (Å²) in [5.41, 5.74) is 9.40. The van der Waals surface area contributed by atoms with Crippen LogP contribution in [0.2, 0.25) is 0 Å². The Kier molecular flexibility index (Phi) is 8.59. The molecule has 3 N–H and O–H groups in total. The monoisotopic (exact) mass is 589 g/mol. The van der Waals surface area contributed by atoms with Crippen molar-refractivity contribution in [2.75, 3.05) is 25.9 Å². The van der Waals surface area contributed by atoms with Gasteiger partial charge in [0.15, 0.2) is 11.6 Å². The van der Waals surface area contributed by atoms with Crippen LogP contribution in [0.25, 0.3) is 16.6 Å². The molecule has 0 saturated carbocycles. The summed E-state index contributed by atoms with van der Waals surface area (Å²) >= 11 is 0. The van der Waals surface area contributed by atoms with Crippen LogP contribution in [0.5, 0.6) is 11.5 Å². The normalized spacial score (nSPS) is 12.3. The number of fused-ring (bicyclic) bond motifs is 1. The van der Waals surface area contributed by atoms with Crippen molar-refractivity contribution in [2.24, 2.45) is 0 Å². The summed E-state index contributed by atoms with van der Waals surface area (Å²) in [7, 11) is 2.05. The molecule has 5 aromatic rings. The summed E-state index contributed by atoms with van der Waals surface area (Å²) in [6.45, 7) is 7.72. The van der Waals surface area contributed by atoms with Gasteiger partial charge in [0.1, 0.15) is 17.4 Å². The molecule has 224 valence electrons. The Morgan fingerprint density at radius 3 is 2.60 bits per heavy atom. The average Bonchev–Trinajstić information content (AvgIpc) is 3.58. The summed E-state index contributed by atoms with van der Waals surface area (Å²) < 4.78 is 49.7. The Morgan fingerprint density at radius 1 is 1.09 bits per heavy atom. The molecule has 0 fully saturated rings. The van der Waals surface area contributed by atoms with E-state index in [2.05, 4.69) is 28.8 Å². The highest BCUT2D eigenvalue weighted by Gasteiger charge is 2.22. The van der Waals surface area contributed by atoms with Gasteiger partial charge in [-0.3, -0.25) is 4.79 Å². The van der Waals surface area contributed by atoms with Crippen LogP contribution in [-0.4, -0.2) is 45.6 Å². The predicted octanol–water partition coefficient (Wildman–Crippen LogP) is 7.52. The summed E-state index contributed by atoms with van der Waals surface area (Å²) in [6, 6.07) is 13.5. The minimum Gasteiger partial charge on any atom is -0.454 e. The first kappa shape index (κ1) is 29.9. The number of hydrogen-bond donors (Lipinski definition) is 2. The maximum absolute atomic E-state index is 15.2. The zero-order chi connectivity index (χ0) is 30.8. The molecule has 0 saturated heterocycles. The van der Waals surface area contributed by atoms with Crippen LogP contribution in [0, 0.1) is 24.4 Å². The number of H-pyrrole nitrogens is 1. The van der Waals surface area contributed by atoms with Crippen LogP contribution in [0.15, 0.2) is 60.8 Å². The molecule has 0 aliphatic heterocycles. The minimum absolute atomic E-state index is 0.0580. The molecular weight excluding hydrogens is 555 g/mol.